The van der Waals surface area contributed by atoms with Crippen LogP contribution in [0.5, 0.6) is 0 Å². The van der Waals surface area contributed by atoms with Crippen molar-refractivity contribution < 1.29 is 4.79 Å². The van der Waals surface area contributed by atoms with Crippen LogP contribution < -0.4 is 0 Å². The summed E-state index contributed by atoms with van der Waals surface area (Å²) in [5, 5.41) is 4.39. The van der Waals surface area contributed by atoms with E-state index in [0.717, 1.165) is 56.5 Å². The molecule has 0 N–H and O–H groups in total. The van der Waals surface area contributed by atoms with Gasteiger partial charge in [0, 0.05) is 32.7 Å². The summed E-state index contributed by atoms with van der Waals surface area (Å²) in [5.74, 6) is 1.07. The number of hydrogen-bond donors (Lipinski definition) is 0. The van der Waals surface area contributed by atoms with Gasteiger partial charge in [0.1, 0.15) is 5.69 Å². The molecule has 1 aromatic rings. The van der Waals surface area contributed by atoms with E-state index in [1.165, 1.54) is 19.4 Å². The molecular formula is C16H26N4O. The van der Waals surface area contributed by atoms with Gasteiger partial charge in [0.05, 0.1) is 5.69 Å². The Labute approximate surface area is 126 Å². The van der Waals surface area contributed by atoms with E-state index in [0.29, 0.717) is 0 Å². The second kappa shape index (κ2) is 6.18. The van der Waals surface area contributed by atoms with Crippen LogP contribution in [0.3, 0.4) is 0 Å². The summed E-state index contributed by atoms with van der Waals surface area (Å²) in [7, 11) is 0. The summed E-state index contributed by atoms with van der Waals surface area (Å²) in [5.41, 5.74) is 1.66. The normalized spacial score (nSPS) is 20.6. The highest BCUT2D eigenvalue weighted by molar-refractivity contribution is 5.92. The molecule has 1 amide bonds. The zero-order valence-electron chi connectivity index (χ0n) is 13.2. The third kappa shape index (κ3) is 3.46. The molecule has 1 saturated carbocycles. The number of aromatic nitrogens is 2. The number of carbonyl (C=O) groups excluding carboxylic acids is 1. The molecule has 3 rings (SSSR count). The minimum absolute atomic E-state index is 0.144. The lowest BCUT2D eigenvalue weighted by molar-refractivity contribution is 0.0749. The van der Waals surface area contributed by atoms with Crippen molar-refractivity contribution in [2.45, 2.75) is 39.7 Å². The predicted molar refractivity (Wildman–Crippen MR) is 82.3 cm³/mol. The fourth-order valence-corrected chi connectivity index (χ4v) is 3.14. The monoisotopic (exact) mass is 290 g/mol. The van der Waals surface area contributed by atoms with Gasteiger partial charge in [-0.15, -0.1) is 0 Å². The van der Waals surface area contributed by atoms with E-state index in [4.69, 9.17) is 0 Å². The van der Waals surface area contributed by atoms with Gasteiger partial charge in [0.25, 0.3) is 5.91 Å². The molecule has 1 aromatic heterocycles. The van der Waals surface area contributed by atoms with Crippen molar-refractivity contribution in [1.82, 2.24) is 19.6 Å². The lowest BCUT2D eigenvalue weighted by Crippen LogP contribution is -2.36. The highest BCUT2D eigenvalue weighted by Gasteiger charge is 2.27. The Hall–Kier alpha value is -1.36. The van der Waals surface area contributed by atoms with Crippen molar-refractivity contribution in [2.75, 3.05) is 32.7 Å². The van der Waals surface area contributed by atoms with Crippen LogP contribution >= 0.6 is 0 Å². The zero-order valence-corrected chi connectivity index (χ0v) is 13.2. The molecule has 1 aliphatic heterocycles. The number of amides is 1. The number of rotatable bonds is 4. The van der Waals surface area contributed by atoms with Crippen LogP contribution in [0.15, 0.2) is 6.07 Å². The second-order valence-electron chi connectivity index (χ2n) is 6.38. The number of aryl methyl sites for hydroxylation is 2. The van der Waals surface area contributed by atoms with E-state index in [9.17, 15) is 4.79 Å². The Morgan fingerprint density at radius 3 is 2.81 bits per heavy atom. The molecule has 1 aliphatic carbocycles. The summed E-state index contributed by atoms with van der Waals surface area (Å²) >= 11 is 0. The van der Waals surface area contributed by atoms with E-state index >= 15 is 0 Å². The van der Waals surface area contributed by atoms with E-state index in [1.807, 2.05) is 29.5 Å². The lowest BCUT2D eigenvalue weighted by Gasteiger charge is -2.22. The fraction of sp³-hybridized carbons (Fsp3) is 0.750. The average Bonchev–Trinajstić information content (AvgIpc) is 3.24. The third-order valence-corrected chi connectivity index (χ3v) is 4.51. The molecule has 0 radical (unpaired) electrons. The lowest BCUT2D eigenvalue weighted by atomic mass is 10.3. The fourth-order valence-electron chi connectivity index (χ4n) is 3.14. The number of hydrogen-bond acceptors (Lipinski definition) is 3. The molecule has 116 valence electrons. The molecule has 1 saturated heterocycles. The summed E-state index contributed by atoms with van der Waals surface area (Å²) in [6, 6.07) is 1.92. The Morgan fingerprint density at radius 1 is 1.29 bits per heavy atom. The second-order valence-corrected chi connectivity index (χ2v) is 6.38. The minimum Gasteiger partial charge on any atom is -0.336 e. The molecule has 5 heteroatoms. The smallest absolute Gasteiger partial charge is 0.272 e. The summed E-state index contributed by atoms with van der Waals surface area (Å²) in [6.07, 6.45) is 3.87. The van der Waals surface area contributed by atoms with Gasteiger partial charge in [-0.2, -0.15) is 5.10 Å². The van der Waals surface area contributed by atoms with Crippen molar-refractivity contribution in [2.24, 2.45) is 5.92 Å². The van der Waals surface area contributed by atoms with Gasteiger partial charge < -0.3 is 9.80 Å². The Kier molecular flexibility index (Phi) is 4.29. The van der Waals surface area contributed by atoms with Gasteiger partial charge in [-0.3, -0.25) is 9.48 Å². The highest BCUT2D eigenvalue weighted by atomic mass is 16.2. The zero-order chi connectivity index (χ0) is 14.8. The Balaban J connectivity index is 1.63. The Bertz CT molecular complexity index is 506. The topological polar surface area (TPSA) is 41.4 Å². The van der Waals surface area contributed by atoms with Crippen molar-refractivity contribution in [3.05, 3.63) is 17.5 Å². The molecule has 0 unspecified atom stereocenters. The first-order valence-electron chi connectivity index (χ1n) is 8.23. The SMILES string of the molecule is CCn1nc(C)cc1C(=O)N1CCCN(CC2CC2)CC1. The first-order valence-corrected chi connectivity index (χ1v) is 8.23. The molecule has 0 aromatic carbocycles. The van der Waals surface area contributed by atoms with E-state index in [-0.39, 0.29) is 5.91 Å². The van der Waals surface area contributed by atoms with Crippen LogP contribution in [-0.2, 0) is 6.54 Å². The molecule has 21 heavy (non-hydrogen) atoms. The van der Waals surface area contributed by atoms with Crippen LogP contribution in [0.1, 0.15) is 42.4 Å². The maximum absolute atomic E-state index is 12.7. The van der Waals surface area contributed by atoms with Gasteiger partial charge >= 0.3 is 0 Å². The van der Waals surface area contributed by atoms with E-state index in [1.54, 1.807) is 0 Å². The van der Waals surface area contributed by atoms with Crippen molar-refractivity contribution >= 4 is 5.91 Å². The third-order valence-electron chi connectivity index (χ3n) is 4.51. The molecule has 0 spiro atoms. The van der Waals surface area contributed by atoms with E-state index < -0.39 is 0 Å². The van der Waals surface area contributed by atoms with Crippen molar-refractivity contribution in [3.8, 4) is 0 Å². The molecule has 2 heterocycles. The van der Waals surface area contributed by atoms with Crippen molar-refractivity contribution in [3.63, 3.8) is 0 Å². The van der Waals surface area contributed by atoms with Crippen LogP contribution in [0, 0.1) is 12.8 Å². The van der Waals surface area contributed by atoms with Crippen LogP contribution in [0.4, 0.5) is 0 Å². The van der Waals surface area contributed by atoms with Gasteiger partial charge in [-0.1, -0.05) is 0 Å². The van der Waals surface area contributed by atoms with Crippen molar-refractivity contribution in [1.29, 1.82) is 0 Å². The van der Waals surface area contributed by atoms with Crippen LogP contribution in [-0.4, -0.2) is 58.2 Å². The van der Waals surface area contributed by atoms with Gasteiger partial charge in [0.15, 0.2) is 0 Å². The number of carbonyl (C=O) groups is 1. The van der Waals surface area contributed by atoms with Gasteiger partial charge in [-0.25, -0.2) is 0 Å². The largest absolute Gasteiger partial charge is 0.336 e. The minimum atomic E-state index is 0.144. The quantitative estimate of drug-likeness (QED) is 0.848. The maximum Gasteiger partial charge on any atom is 0.272 e. The maximum atomic E-state index is 12.7. The average molecular weight is 290 g/mol. The summed E-state index contributed by atoms with van der Waals surface area (Å²) in [6.45, 7) is 9.82. The standard InChI is InChI=1S/C16H26N4O/c1-3-20-15(11-13(2)17-20)16(21)19-8-4-7-18(9-10-19)12-14-5-6-14/h11,14H,3-10,12H2,1-2H3. The van der Waals surface area contributed by atoms with E-state index in [2.05, 4.69) is 10.00 Å². The predicted octanol–water partition coefficient (Wildman–Crippen LogP) is 1.77. The van der Waals surface area contributed by atoms with Gasteiger partial charge in [0.2, 0.25) is 0 Å². The Morgan fingerprint density at radius 2 is 2.10 bits per heavy atom. The first kappa shape index (κ1) is 14.6. The highest BCUT2D eigenvalue weighted by Crippen LogP contribution is 2.30. The summed E-state index contributed by atoms with van der Waals surface area (Å²) in [4.78, 5) is 17.3. The number of nitrogens with zero attached hydrogens (tertiary/aromatic N) is 4. The van der Waals surface area contributed by atoms with Crippen LogP contribution in [0.25, 0.3) is 0 Å². The molecule has 5 nitrogen and oxygen atoms in total. The summed E-state index contributed by atoms with van der Waals surface area (Å²) < 4.78 is 1.82. The molecule has 2 aliphatic rings. The van der Waals surface area contributed by atoms with Gasteiger partial charge in [-0.05, 0) is 51.6 Å². The molecule has 0 atom stereocenters. The first-order chi connectivity index (χ1) is 10.2. The molecular weight excluding hydrogens is 264 g/mol. The molecule has 0 bridgehead atoms. The molecule has 2 fully saturated rings. The van der Waals surface area contributed by atoms with Crippen LogP contribution in [0.2, 0.25) is 0 Å².